The molecule has 2 aromatic heterocycles. The zero-order valence-corrected chi connectivity index (χ0v) is 13.6. The van der Waals surface area contributed by atoms with Gasteiger partial charge < -0.3 is 9.64 Å². The highest BCUT2D eigenvalue weighted by Gasteiger charge is 2.30. The molecule has 1 fully saturated rings. The first kappa shape index (κ1) is 15.5. The van der Waals surface area contributed by atoms with Crippen LogP contribution in [0.3, 0.4) is 0 Å². The number of hydrogen-bond donors (Lipinski definition) is 0. The highest BCUT2D eigenvalue weighted by molar-refractivity contribution is 5.94. The predicted molar refractivity (Wildman–Crippen MR) is 86.6 cm³/mol. The van der Waals surface area contributed by atoms with E-state index < -0.39 is 0 Å². The molecule has 1 atom stereocenters. The van der Waals surface area contributed by atoms with Gasteiger partial charge in [0.2, 0.25) is 5.88 Å². The Hall–Kier alpha value is -2.37. The second kappa shape index (κ2) is 6.81. The summed E-state index contributed by atoms with van der Waals surface area (Å²) in [7, 11) is 1.63. The van der Waals surface area contributed by atoms with Crippen LogP contribution in [0.25, 0.3) is 0 Å². The Bertz CT molecular complexity index is 683. The summed E-state index contributed by atoms with van der Waals surface area (Å²) in [5.74, 6) is 0.980. The molecule has 3 heterocycles. The number of aryl methyl sites for hydroxylation is 1. The molecule has 0 aliphatic carbocycles. The number of carbonyl (C=O) groups is 1. The van der Waals surface area contributed by atoms with Gasteiger partial charge in [0.25, 0.3) is 5.91 Å². The lowest BCUT2D eigenvalue weighted by molar-refractivity contribution is 0.0790. The van der Waals surface area contributed by atoms with E-state index in [2.05, 4.69) is 17.0 Å². The molecule has 1 saturated heterocycles. The topological polar surface area (TPSA) is 60.2 Å². The number of hydrogen-bond acceptors (Lipinski definition) is 4. The molecule has 6 heteroatoms. The molecule has 1 amide bonds. The molecule has 0 bridgehead atoms. The van der Waals surface area contributed by atoms with Gasteiger partial charge in [-0.3, -0.25) is 9.48 Å². The fourth-order valence-corrected chi connectivity index (χ4v) is 3.09. The van der Waals surface area contributed by atoms with Gasteiger partial charge in [-0.2, -0.15) is 5.10 Å². The van der Waals surface area contributed by atoms with E-state index in [0.29, 0.717) is 18.0 Å². The monoisotopic (exact) mass is 314 g/mol. The number of rotatable bonds is 5. The summed E-state index contributed by atoms with van der Waals surface area (Å²) in [5, 5.41) is 4.24. The Kier molecular flexibility index (Phi) is 4.60. The van der Waals surface area contributed by atoms with Crippen LogP contribution in [0.1, 0.15) is 41.6 Å². The molecular formula is C17H22N4O2. The van der Waals surface area contributed by atoms with Crippen LogP contribution in [0.5, 0.6) is 5.88 Å². The average Bonchev–Trinajstić information content (AvgIpc) is 3.24. The number of ether oxygens (including phenoxy) is 1. The quantitative estimate of drug-likeness (QED) is 0.850. The number of carbonyl (C=O) groups excluding carboxylic acids is 1. The molecular weight excluding hydrogens is 292 g/mol. The lowest BCUT2D eigenvalue weighted by atomic mass is 10.00. The van der Waals surface area contributed by atoms with E-state index in [-0.39, 0.29) is 11.8 Å². The van der Waals surface area contributed by atoms with Gasteiger partial charge in [0.05, 0.1) is 18.9 Å². The maximum atomic E-state index is 12.6. The van der Waals surface area contributed by atoms with E-state index in [1.807, 2.05) is 27.9 Å². The number of nitrogens with zero attached hydrogens (tertiary/aromatic N) is 4. The Balaban J connectivity index is 1.70. The first-order valence-electron chi connectivity index (χ1n) is 8.03. The van der Waals surface area contributed by atoms with E-state index in [4.69, 9.17) is 4.74 Å². The summed E-state index contributed by atoms with van der Waals surface area (Å²) in [6.07, 6.45) is 7.15. The summed E-state index contributed by atoms with van der Waals surface area (Å²) < 4.78 is 7.16. The molecule has 0 saturated carbocycles. The first-order valence-corrected chi connectivity index (χ1v) is 8.03. The number of amides is 1. The van der Waals surface area contributed by atoms with Gasteiger partial charge in [0.1, 0.15) is 0 Å². The second-order valence-electron chi connectivity index (χ2n) is 5.83. The largest absolute Gasteiger partial charge is 0.481 e. The molecule has 2 aromatic rings. The normalized spacial score (nSPS) is 17.5. The van der Waals surface area contributed by atoms with Crippen LogP contribution in [0.15, 0.2) is 30.7 Å². The van der Waals surface area contributed by atoms with E-state index in [0.717, 1.165) is 31.5 Å². The zero-order valence-electron chi connectivity index (χ0n) is 13.6. The molecule has 122 valence electrons. The SMILES string of the molecule is CCCn1cc(C(=O)N2CCC(c3cccnc3OC)C2)cn1. The average molecular weight is 314 g/mol. The minimum atomic E-state index is 0.0534. The first-order chi connectivity index (χ1) is 11.2. The van der Waals surface area contributed by atoms with Gasteiger partial charge >= 0.3 is 0 Å². The van der Waals surface area contributed by atoms with Crippen molar-refractivity contribution in [3.05, 3.63) is 41.9 Å². The summed E-state index contributed by atoms with van der Waals surface area (Å²) in [6, 6.07) is 3.95. The van der Waals surface area contributed by atoms with Crippen LogP contribution in [-0.4, -0.2) is 45.8 Å². The molecule has 23 heavy (non-hydrogen) atoms. The maximum absolute atomic E-state index is 12.6. The Labute approximate surface area is 136 Å². The van der Waals surface area contributed by atoms with Crippen molar-refractivity contribution in [2.75, 3.05) is 20.2 Å². The molecule has 0 spiro atoms. The fraction of sp³-hybridized carbons (Fsp3) is 0.471. The van der Waals surface area contributed by atoms with Crippen molar-refractivity contribution < 1.29 is 9.53 Å². The molecule has 0 aromatic carbocycles. The molecule has 1 aliphatic heterocycles. The Morgan fingerprint density at radius 3 is 3.13 bits per heavy atom. The van der Waals surface area contributed by atoms with E-state index in [1.54, 1.807) is 19.5 Å². The van der Waals surface area contributed by atoms with Gasteiger partial charge in [-0.1, -0.05) is 13.0 Å². The lowest BCUT2D eigenvalue weighted by Gasteiger charge is -2.16. The van der Waals surface area contributed by atoms with Crippen molar-refractivity contribution in [1.29, 1.82) is 0 Å². The summed E-state index contributed by atoms with van der Waals surface area (Å²) in [6.45, 7) is 4.37. The lowest BCUT2D eigenvalue weighted by Crippen LogP contribution is -2.28. The minimum Gasteiger partial charge on any atom is -0.481 e. The van der Waals surface area contributed by atoms with Crippen molar-refractivity contribution in [2.24, 2.45) is 0 Å². The molecule has 1 aliphatic rings. The number of pyridine rings is 1. The van der Waals surface area contributed by atoms with Gasteiger partial charge in [0, 0.05) is 43.5 Å². The minimum absolute atomic E-state index is 0.0534. The third-order valence-electron chi connectivity index (χ3n) is 4.24. The zero-order chi connectivity index (χ0) is 16.2. The Morgan fingerprint density at radius 2 is 2.35 bits per heavy atom. The summed E-state index contributed by atoms with van der Waals surface area (Å²) >= 11 is 0. The van der Waals surface area contributed by atoms with E-state index in [9.17, 15) is 4.79 Å². The van der Waals surface area contributed by atoms with Gasteiger partial charge in [-0.15, -0.1) is 0 Å². The van der Waals surface area contributed by atoms with E-state index in [1.165, 1.54) is 0 Å². The molecule has 3 rings (SSSR count). The van der Waals surface area contributed by atoms with Crippen LogP contribution >= 0.6 is 0 Å². The van der Waals surface area contributed by atoms with Crippen LogP contribution in [-0.2, 0) is 6.54 Å². The van der Waals surface area contributed by atoms with Crippen LogP contribution in [0, 0.1) is 0 Å². The molecule has 0 N–H and O–H groups in total. The fourth-order valence-electron chi connectivity index (χ4n) is 3.09. The maximum Gasteiger partial charge on any atom is 0.257 e. The van der Waals surface area contributed by atoms with Gasteiger partial charge in [0.15, 0.2) is 0 Å². The van der Waals surface area contributed by atoms with Crippen molar-refractivity contribution in [3.63, 3.8) is 0 Å². The summed E-state index contributed by atoms with van der Waals surface area (Å²) in [5.41, 5.74) is 1.74. The Morgan fingerprint density at radius 1 is 1.48 bits per heavy atom. The van der Waals surface area contributed by atoms with Crippen molar-refractivity contribution >= 4 is 5.91 Å². The van der Waals surface area contributed by atoms with Gasteiger partial charge in [-0.25, -0.2) is 4.98 Å². The molecule has 1 unspecified atom stereocenters. The third-order valence-corrected chi connectivity index (χ3v) is 4.24. The van der Waals surface area contributed by atoms with Crippen molar-refractivity contribution in [2.45, 2.75) is 32.2 Å². The predicted octanol–water partition coefficient (Wildman–Crippen LogP) is 2.33. The smallest absolute Gasteiger partial charge is 0.257 e. The van der Waals surface area contributed by atoms with Crippen molar-refractivity contribution in [1.82, 2.24) is 19.7 Å². The number of aromatic nitrogens is 3. The highest BCUT2D eigenvalue weighted by Crippen LogP contribution is 2.32. The molecule has 6 nitrogen and oxygen atoms in total. The third kappa shape index (κ3) is 3.21. The van der Waals surface area contributed by atoms with Crippen molar-refractivity contribution in [3.8, 4) is 5.88 Å². The van der Waals surface area contributed by atoms with Crippen LogP contribution in [0.4, 0.5) is 0 Å². The van der Waals surface area contributed by atoms with E-state index >= 15 is 0 Å². The second-order valence-corrected chi connectivity index (χ2v) is 5.83. The summed E-state index contributed by atoms with van der Waals surface area (Å²) in [4.78, 5) is 18.8. The number of methoxy groups -OCH3 is 1. The van der Waals surface area contributed by atoms with Gasteiger partial charge in [-0.05, 0) is 18.9 Å². The van der Waals surface area contributed by atoms with Crippen LogP contribution < -0.4 is 4.74 Å². The molecule has 0 radical (unpaired) electrons. The number of likely N-dealkylation sites (tertiary alicyclic amines) is 1. The van der Waals surface area contributed by atoms with Crippen LogP contribution in [0.2, 0.25) is 0 Å². The highest BCUT2D eigenvalue weighted by atomic mass is 16.5. The standard InChI is InChI=1S/C17H22N4O2/c1-3-8-21-12-14(10-19-21)17(22)20-9-6-13(11-20)15-5-4-7-18-16(15)23-2/h4-5,7,10,12-13H,3,6,8-9,11H2,1-2H3.